The summed E-state index contributed by atoms with van der Waals surface area (Å²) in [6.45, 7) is 1.58. The molecular formula is C12H15FN2O3. The average Bonchev–Trinajstić information content (AvgIpc) is 2.77. The van der Waals surface area contributed by atoms with E-state index in [1.165, 1.54) is 12.1 Å². The lowest BCUT2D eigenvalue weighted by Gasteiger charge is -2.25. The van der Waals surface area contributed by atoms with Gasteiger partial charge in [0, 0.05) is 24.6 Å². The first-order valence-electron chi connectivity index (χ1n) is 5.76. The predicted octanol–water partition coefficient (Wildman–Crippen LogP) is 1.64. The molecule has 1 aromatic carbocycles. The molecule has 6 heteroatoms. The summed E-state index contributed by atoms with van der Waals surface area (Å²) in [4.78, 5) is 10.1. The Morgan fingerprint density at radius 1 is 1.50 bits per heavy atom. The summed E-state index contributed by atoms with van der Waals surface area (Å²) in [7, 11) is 0. The quantitative estimate of drug-likeness (QED) is 0.654. The Balaban J connectivity index is 2.25. The Morgan fingerprint density at radius 2 is 2.28 bits per heavy atom. The molecule has 1 atom stereocenters. The van der Waals surface area contributed by atoms with Crippen molar-refractivity contribution in [2.24, 2.45) is 11.1 Å². The van der Waals surface area contributed by atoms with Gasteiger partial charge in [-0.25, -0.2) is 4.39 Å². The van der Waals surface area contributed by atoms with Crippen molar-refractivity contribution in [3.63, 3.8) is 0 Å². The van der Waals surface area contributed by atoms with Crippen molar-refractivity contribution in [1.82, 2.24) is 0 Å². The summed E-state index contributed by atoms with van der Waals surface area (Å²) < 4.78 is 18.6. The van der Waals surface area contributed by atoms with Crippen LogP contribution >= 0.6 is 0 Å². The number of rotatable bonds is 4. The number of nitro benzene ring substituents is 1. The van der Waals surface area contributed by atoms with Crippen molar-refractivity contribution in [3.05, 3.63) is 39.7 Å². The highest BCUT2D eigenvalue weighted by atomic mass is 19.1. The number of halogens is 1. The standard InChI is InChI=1S/C12H15FN2O3/c13-10-3-9(4-11(5-10)15(16)17)6-12(7-14)1-2-18-8-12/h3-5H,1-2,6-8,14H2. The van der Waals surface area contributed by atoms with Crippen LogP contribution < -0.4 is 5.73 Å². The number of hydrogen-bond donors (Lipinski definition) is 1. The first-order valence-corrected chi connectivity index (χ1v) is 5.76. The minimum absolute atomic E-state index is 0.221. The molecule has 0 aromatic heterocycles. The zero-order chi connectivity index (χ0) is 13.2. The van der Waals surface area contributed by atoms with Gasteiger partial charge in [0.05, 0.1) is 17.6 Å². The fraction of sp³-hybridized carbons (Fsp3) is 0.500. The third kappa shape index (κ3) is 2.65. The molecule has 1 fully saturated rings. The molecule has 0 radical (unpaired) electrons. The van der Waals surface area contributed by atoms with Gasteiger partial charge in [-0.05, 0) is 24.5 Å². The molecule has 2 N–H and O–H groups in total. The summed E-state index contributed by atoms with van der Waals surface area (Å²) in [6.07, 6.45) is 1.30. The van der Waals surface area contributed by atoms with E-state index < -0.39 is 10.7 Å². The number of nitro groups is 1. The average molecular weight is 254 g/mol. The molecule has 0 spiro atoms. The molecule has 0 bridgehead atoms. The molecule has 0 amide bonds. The zero-order valence-corrected chi connectivity index (χ0v) is 9.89. The smallest absolute Gasteiger partial charge is 0.272 e. The van der Waals surface area contributed by atoms with Crippen molar-refractivity contribution in [3.8, 4) is 0 Å². The van der Waals surface area contributed by atoms with E-state index in [1.807, 2.05) is 0 Å². The SMILES string of the molecule is NCC1(Cc2cc(F)cc([N+](=O)[O-])c2)CCOC1. The second-order valence-electron chi connectivity index (χ2n) is 4.76. The number of hydrogen-bond acceptors (Lipinski definition) is 4. The summed E-state index contributed by atoms with van der Waals surface area (Å²) in [5, 5.41) is 10.7. The number of ether oxygens (including phenoxy) is 1. The molecular weight excluding hydrogens is 239 g/mol. The first kappa shape index (κ1) is 12.9. The maximum Gasteiger partial charge on any atom is 0.272 e. The predicted molar refractivity (Wildman–Crippen MR) is 63.7 cm³/mol. The Labute approximate surface area is 104 Å². The molecule has 98 valence electrons. The Bertz CT molecular complexity index is 459. The molecule has 5 nitrogen and oxygen atoms in total. The van der Waals surface area contributed by atoms with E-state index in [4.69, 9.17) is 10.5 Å². The summed E-state index contributed by atoms with van der Waals surface area (Å²) in [5.74, 6) is -0.592. The molecule has 1 aliphatic rings. The van der Waals surface area contributed by atoms with Crippen LogP contribution in [0.15, 0.2) is 18.2 Å². The first-order chi connectivity index (χ1) is 8.54. The monoisotopic (exact) mass is 254 g/mol. The summed E-state index contributed by atoms with van der Waals surface area (Å²) >= 11 is 0. The van der Waals surface area contributed by atoms with Gasteiger partial charge in [0.1, 0.15) is 5.82 Å². The lowest BCUT2D eigenvalue weighted by Crippen LogP contribution is -2.33. The van der Waals surface area contributed by atoms with Crippen molar-refractivity contribution < 1.29 is 14.1 Å². The van der Waals surface area contributed by atoms with Crippen LogP contribution in [0.5, 0.6) is 0 Å². The molecule has 1 aromatic rings. The van der Waals surface area contributed by atoms with Crippen molar-refractivity contribution >= 4 is 5.69 Å². The maximum atomic E-state index is 13.3. The highest BCUT2D eigenvalue weighted by molar-refractivity contribution is 5.35. The molecule has 0 aliphatic carbocycles. The topological polar surface area (TPSA) is 78.4 Å². The highest BCUT2D eigenvalue weighted by Gasteiger charge is 2.34. The van der Waals surface area contributed by atoms with E-state index in [0.717, 1.165) is 12.5 Å². The van der Waals surface area contributed by atoms with Gasteiger partial charge in [0.25, 0.3) is 5.69 Å². The Kier molecular flexibility index (Phi) is 3.58. The van der Waals surface area contributed by atoms with E-state index in [1.54, 1.807) is 0 Å². The summed E-state index contributed by atoms with van der Waals surface area (Å²) in [6, 6.07) is 3.64. The van der Waals surface area contributed by atoms with E-state index >= 15 is 0 Å². The molecule has 2 rings (SSSR count). The van der Waals surface area contributed by atoms with Gasteiger partial charge in [-0.3, -0.25) is 10.1 Å². The van der Waals surface area contributed by atoms with E-state index in [-0.39, 0.29) is 11.1 Å². The normalized spacial score (nSPS) is 23.2. The third-order valence-electron chi connectivity index (χ3n) is 3.35. The molecule has 1 heterocycles. The minimum atomic E-state index is -0.592. The van der Waals surface area contributed by atoms with Crippen LogP contribution in [0.4, 0.5) is 10.1 Å². The van der Waals surface area contributed by atoms with Crippen LogP contribution in [0.25, 0.3) is 0 Å². The van der Waals surface area contributed by atoms with E-state index in [2.05, 4.69) is 0 Å². The van der Waals surface area contributed by atoms with Gasteiger partial charge >= 0.3 is 0 Å². The second kappa shape index (κ2) is 4.99. The molecule has 18 heavy (non-hydrogen) atoms. The largest absolute Gasteiger partial charge is 0.381 e. The van der Waals surface area contributed by atoms with Crippen molar-refractivity contribution in [1.29, 1.82) is 0 Å². The van der Waals surface area contributed by atoms with Gasteiger partial charge in [0.2, 0.25) is 0 Å². The Hall–Kier alpha value is -1.53. The molecule has 0 saturated carbocycles. The maximum absolute atomic E-state index is 13.3. The van der Waals surface area contributed by atoms with Crippen LogP contribution in [0.3, 0.4) is 0 Å². The number of benzene rings is 1. The van der Waals surface area contributed by atoms with E-state index in [9.17, 15) is 14.5 Å². The van der Waals surface area contributed by atoms with Crippen LogP contribution in [-0.4, -0.2) is 24.7 Å². The number of nitrogens with zero attached hydrogens (tertiary/aromatic N) is 1. The van der Waals surface area contributed by atoms with Crippen LogP contribution in [0, 0.1) is 21.3 Å². The van der Waals surface area contributed by atoms with Crippen LogP contribution in [0.1, 0.15) is 12.0 Å². The van der Waals surface area contributed by atoms with E-state index in [0.29, 0.717) is 31.7 Å². The second-order valence-corrected chi connectivity index (χ2v) is 4.76. The van der Waals surface area contributed by atoms with Crippen LogP contribution in [0.2, 0.25) is 0 Å². The number of nitrogens with two attached hydrogens (primary N) is 1. The zero-order valence-electron chi connectivity index (χ0n) is 9.89. The third-order valence-corrected chi connectivity index (χ3v) is 3.35. The fourth-order valence-electron chi connectivity index (χ4n) is 2.30. The van der Waals surface area contributed by atoms with Gasteiger partial charge in [-0.1, -0.05) is 0 Å². The van der Waals surface area contributed by atoms with Crippen LogP contribution in [-0.2, 0) is 11.2 Å². The molecule has 1 unspecified atom stereocenters. The lowest BCUT2D eigenvalue weighted by molar-refractivity contribution is -0.385. The van der Waals surface area contributed by atoms with Gasteiger partial charge in [-0.2, -0.15) is 0 Å². The van der Waals surface area contributed by atoms with Gasteiger partial charge < -0.3 is 10.5 Å². The van der Waals surface area contributed by atoms with Gasteiger partial charge in [0.15, 0.2) is 0 Å². The molecule has 1 aliphatic heterocycles. The molecule has 1 saturated heterocycles. The van der Waals surface area contributed by atoms with Crippen molar-refractivity contribution in [2.75, 3.05) is 19.8 Å². The lowest BCUT2D eigenvalue weighted by atomic mass is 9.81. The fourth-order valence-corrected chi connectivity index (χ4v) is 2.30. The Morgan fingerprint density at radius 3 is 2.83 bits per heavy atom. The number of non-ortho nitro benzene ring substituents is 1. The van der Waals surface area contributed by atoms with Crippen molar-refractivity contribution in [2.45, 2.75) is 12.8 Å². The van der Waals surface area contributed by atoms with Gasteiger partial charge in [-0.15, -0.1) is 0 Å². The summed E-state index contributed by atoms with van der Waals surface area (Å²) in [5.41, 5.74) is 5.89. The minimum Gasteiger partial charge on any atom is -0.381 e. The highest BCUT2D eigenvalue weighted by Crippen LogP contribution is 2.32.